The van der Waals surface area contributed by atoms with Gasteiger partial charge in [-0.25, -0.2) is 13.6 Å². The molecular formula is C24H25F2NO4. The van der Waals surface area contributed by atoms with Gasteiger partial charge in [-0.2, -0.15) is 5.26 Å². The molecule has 0 aromatic heterocycles. The van der Waals surface area contributed by atoms with Crippen LogP contribution in [0.15, 0.2) is 36.4 Å². The molecular weight excluding hydrogens is 404 g/mol. The van der Waals surface area contributed by atoms with Crippen LogP contribution in [0.5, 0.6) is 11.5 Å². The molecule has 0 spiro atoms. The van der Waals surface area contributed by atoms with Crippen LogP contribution in [0.2, 0.25) is 0 Å². The third-order valence-electron chi connectivity index (χ3n) is 5.27. The van der Waals surface area contributed by atoms with Crippen molar-refractivity contribution < 1.29 is 27.8 Å². The van der Waals surface area contributed by atoms with Crippen LogP contribution in [0.1, 0.15) is 54.9 Å². The van der Waals surface area contributed by atoms with E-state index in [4.69, 9.17) is 19.5 Å². The molecule has 7 heteroatoms. The monoisotopic (exact) mass is 429 g/mol. The van der Waals surface area contributed by atoms with Crippen LogP contribution in [0.4, 0.5) is 8.78 Å². The van der Waals surface area contributed by atoms with Gasteiger partial charge in [0, 0.05) is 18.7 Å². The Hall–Kier alpha value is -2.98. The van der Waals surface area contributed by atoms with E-state index in [1.54, 1.807) is 6.07 Å². The average Bonchev–Trinajstić information content (AvgIpc) is 2.77. The van der Waals surface area contributed by atoms with E-state index in [2.05, 4.69) is 6.92 Å². The highest BCUT2D eigenvalue weighted by atomic mass is 19.1. The maximum atomic E-state index is 14.4. The van der Waals surface area contributed by atoms with E-state index in [0.29, 0.717) is 24.4 Å². The molecule has 0 unspecified atom stereocenters. The first-order valence-corrected chi connectivity index (χ1v) is 10.5. The van der Waals surface area contributed by atoms with Crippen molar-refractivity contribution in [2.45, 2.75) is 45.1 Å². The van der Waals surface area contributed by atoms with E-state index in [9.17, 15) is 13.6 Å². The Labute approximate surface area is 180 Å². The molecule has 2 aromatic rings. The van der Waals surface area contributed by atoms with E-state index >= 15 is 0 Å². The number of carbonyl (C=O) groups is 1. The molecule has 1 saturated carbocycles. The minimum Gasteiger partial charge on any atom is -0.493 e. The van der Waals surface area contributed by atoms with Crippen molar-refractivity contribution in [3.63, 3.8) is 0 Å². The van der Waals surface area contributed by atoms with E-state index in [0.717, 1.165) is 50.8 Å². The van der Waals surface area contributed by atoms with Gasteiger partial charge in [-0.1, -0.05) is 6.92 Å². The maximum Gasteiger partial charge on any atom is 0.346 e. The average molecular weight is 429 g/mol. The lowest BCUT2D eigenvalue weighted by Crippen LogP contribution is -2.25. The molecule has 1 aliphatic rings. The molecule has 3 rings (SSSR count). The highest BCUT2D eigenvalue weighted by molar-refractivity contribution is 5.91. The van der Waals surface area contributed by atoms with Crippen molar-refractivity contribution in [3.05, 3.63) is 59.2 Å². The molecule has 0 atom stereocenters. The van der Waals surface area contributed by atoms with Crippen LogP contribution in [-0.4, -0.2) is 25.3 Å². The van der Waals surface area contributed by atoms with Gasteiger partial charge in [-0.15, -0.1) is 0 Å². The third kappa shape index (κ3) is 6.25. The van der Waals surface area contributed by atoms with E-state index in [1.165, 1.54) is 24.3 Å². The summed E-state index contributed by atoms with van der Waals surface area (Å²) in [6.45, 7) is 3.37. The van der Waals surface area contributed by atoms with Crippen LogP contribution in [0.3, 0.4) is 0 Å². The maximum absolute atomic E-state index is 14.4. The second kappa shape index (κ2) is 10.9. The van der Waals surface area contributed by atoms with Crippen molar-refractivity contribution in [2.24, 2.45) is 5.92 Å². The van der Waals surface area contributed by atoms with Gasteiger partial charge in [0.15, 0.2) is 0 Å². The Kier molecular flexibility index (Phi) is 7.96. The number of halogens is 2. The molecule has 0 saturated heterocycles. The van der Waals surface area contributed by atoms with Gasteiger partial charge in [0.25, 0.3) is 0 Å². The molecule has 164 valence electrons. The topological polar surface area (TPSA) is 68.6 Å². The first-order valence-electron chi connectivity index (χ1n) is 10.5. The van der Waals surface area contributed by atoms with Crippen molar-refractivity contribution in [2.75, 3.05) is 13.2 Å². The Morgan fingerprint density at radius 1 is 1.06 bits per heavy atom. The lowest BCUT2D eigenvalue weighted by atomic mass is 9.88. The van der Waals surface area contributed by atoms with Crippen LogP contribution in [-0.2, 0) is 4.74 Å². The number of esters is 1. The Bertz CT molecular complexity index is 949. The Morgan fingerprint density at radius 3 is 2.42 bits per heavy atom. The summed E-state index contributed by atoms with van der Waals surface area (Å²) in [5.74, 6) is -1.95. The number of rotatable bonds is 8. The fraction of sp³-hybridized carbons (Fsp3) is 0.417. The largest absolute Gasteiger partial charge is 0.493 e. The summed E-state index contributed by atoms with van der Waals surface area (Å²) >= 11 is 0. The fourth-order valence-corrected chi connectivity index (χ4v) is 3.53. The molecule has 31 heavy (non-hydrogen) atoms. The van der Waals surface area contributed by atoms with E-state index in [1.807, 2.05) is 0 Å². The molecule has 5 nitrogen and oxygen atoms in total. The van der Waals surface area contributed by atoms with Gasteiger partial charge in [-0.05, 0) is 62.3 Å². The molecule has 2 aromatic carbocycles. The lowest BCUT2D eigenvalue weighted by Gasteiger charge is -2.28. The zero-order valence-electron chi connectivity index (χ0n) is 17.4. The van der Waals surface area contributed by atoms with Crippen LogP contribution >= 0.6 is 0 Å². The molecule has 0 N–H and O–H groups in total. The normalized spacial score (nSPS) is 18.3. The zero-order valence-corrected chi connectivity index (χ0v) is 17.4. The Morgan fingerprint density at radius 2 is 1.77 bits per heavy atom. The van der Waals surface area contributed by atoms with Crippen molar-refractivity contribution in [3.8, 4) is 17.6 Å². The number of hydrogen-bond acceptors (Lipinski definition) is 5. The molecule has 1 fully saturated rings. The third-order valence-corrected chi connectivity index (χ3v) is 5.27. The Balaban J connectivity index is 1.52. The van der Waals surface area contributed by atoms with Gasteiger partial charge >= 0.3 is 5.97 Å². The first-order chi connectivity index (χ1) is 15.0. The van der Waals surface area contributed by atoms with Gasteiger partial charge in [0.05, 0.1) is 23.8 Å². The highest BCUT2D eigenvalue weighted by Crippen LogP contribution is 2.28. The summed E-state index contributed by atoms with van der Waals surface area (Å²) in [4.78, 5) is 12.2. The number of carbonyl (C=O) groups excluding carboxylic acids is 1. The number of hydrogen-bond donors (Lipinski definition) is 0. The quantitative estimate of drug-likeness (QED) is 0.414. The van der Waals surface area contributed by atoms with Crippen LogP contribution < -0.4 is 9.47 Å². The zero-order chi connectivity index (χ0) is 22.2. The van der Waals surface area contributed by atoms with Crippen molar-refractivity contribution >= 4 is 5.97 Å². The summed E-state index contributed by atoms with van der Waals surface area (Å²) in [7, 11) is 0. The summed E-state index contributed by atoms with van der Waals surface area (Å²) in [6, 6.07) is 8.98. The van der Waals surface area contributed by atoms with Crippen LogP contribution in [0, 0.1) is 28.9 Å². The first kappa shape index (κ1) is 22.7. The second-order valence-corrected chi connectivity index (χ2v) is 7.61. The summed E-state index contributed by atoms with van der Waals surface area (Å²) in [6.07, 6.45) is 5.35. The highest BCUT2D eigenvalue weighted by Gasteiger charge is 2.22. The van der Waals surface area contributed by atoms with Gasteiger partial charge < -0.3 is 14.2 Å². The molecule has 0 radical (unpaired) electrons. The lowest BCUT2D eigenvalue weighted by molar-refractivity contribution is 0.0132. The smallest absolute Gasteiger partial charge is 0.346 e. The number of benzene rings is 2. The minimum atomic E-state index is -0.960. The van der Waals surface area contributed by atoms with Gasteiger partial charge in [0.1, 0.15) is 29.2 Å². The number of nitriles is 1. The summed E-state index contributed by atoms with van der Waals surface area (Å²) in [5.41, 5.74) is -0.458. The van der Waals surface area contributed by atoms with E-state index < -0.39 is 17.6 Å². The predicted molar refractivity (Wildman–Crippen MR) is 110 cm³/mol. The van der Waals surface area contributed by atoms with Gasteiger partial charge in [-0.3, -0.25) is 0 Å². The fourth-order valence-electron chi connectivity index (χ4n) is 3.53. The SMILES string of the molecule is CCCOC1CCC(COc2ccc(C(=O)Oc3ccc(C#N)c(F)c3)c(F)c2)CC1. The summed E-state index contributed by atoms with van der Waals surface area (Å²) in [5, 5.41) is 8.74. The molecule has 1 aliphatic carbocycles. The number of ether oxygens (including phenoxy) is 3. The minimum absolute atomic E-state index is 0.111. The molecule has 0 bridgehead atoms. The van der Waals surface area contributed by atoms with Crippen molar-refractivity contribution in [1.29, 1.82) is 5.26 Å². The number of nitrogens with zero attached hydrogens (tertiary/aromatic N) is 1. The van der Waals surface area contributed by atoms with Gasteiger partial charge in [0.2, 0.25) is 0 Å². The van der Waals surface area contributed by atoms with Crippen LogP contribution in [0.25, 0.3) is 0 Å². The standard InChI is InChI=1S/C24H25F2NO4/c1-2-11-29-18-6-3-16(4-7-18)15-30-19-9-10-21(23(26)12-19)24(28)31-20-8-5-17(14-27)22(25)13-20/h5,8-10,12-13,16,18H,2-4,6-7,11,15H2,1H3. The molecule has 0 amide bonds. The van der Waals surface area contributed by atoms with Crippen molar-refractivity contribution in [1.82, 2.24) is 0 Å². The molecule has 0 aliphatic heterocycles. The second-order valence-electron chi connectivity index (χ2n) is 7.61. The predicted octanol–water partition coefficient (Wildman–Crippen LogP) is 5.42. The molecule has 0 heterocycles. The van der Waals surface area contributed by atoms with E-state index in [-0.39, 0.29) is 16.9 Å². The summed E-state index contributed by atoms with van der Waals surface area (Å²) < 4.78 is 44.6.